The fourth-order valence-electron chi connectivity index (χ4n) is 3.16. The first-order chi connectivity index (χ1) is 13.2. The fraction of sp³-hybridized carbons (Fsp3) is 0.238. The van der Waals surface area contributed by atoms with Gasteiger partial charge in [0.15, 0.2) is 5.17 Å². The number of carbonyl (C=O) groups is 1. The molecule has 0 radical (unpaired) electrons. The van der Waals surface area contributed by atoms with Crippen molar-refractivity contribution in [2.45, 2.75) is 18.2 Å². The molecule has 2 heterocycles. The highest BCUT2D eigenvalue weighted by Crippen LogP contribution is 2.49. The van der Waals surface area contributed by atoms with Crippen LogP contribution < -0.4 is 4.90 Å². The topological polar surface area (TPSA) is 35.9 Å². The third kappa shape index (κ3) is 3.51. The van der Waals surface area contributed by atoms with Gasteiger partial charge in [-0.2, -0.15) is 0 Å². The summed E-state index contributed by atoms with van der Waals surface area (Å²) in [4.78, 5) is 23.6. The molecule has 0 saturated carbocycles. The quantitative estimate of drug-likeness (QED) is 0.710. The molecule has 0 bridgehead atoms. The molecular weight excluding hydrogens is 374 g/mol. The van der Waals surface area contributed by atoms with Crippen LogP contribution in [0.1, 0.15) is 12.5 Å². The van der Waals surface area contributed by atoms with Crippen LogP contribution in [0.25, 0.3) is 0 Å². The molecule has 1 fully saturated rings. The number of amides is 1. The largest absolute Gasteiger partial charge is 0.337 e. The van der Waals surface area contributed by atoms with Gasteiger partial charge in [0.2, 0.25) is 0 Å². The van der Waals surface area contributed by atoms with Crippen LogP contribution in [0, 0.1) is 0 Å². The first kappa shape index (κ1) is 18.2. The van der Waals surface area contributed by atoms with Crippen LogP contribution in [0.5, 0.6) is 0 Å². The van der Waals surface area contributed by atoms with Crippen molar-refractivity contribution in [1.82, 2.24) is 4.90 Å². The average Bonchev–Trinajstić information content (AvgIpc) is 3.19. The number of hydrogen-bond donors (Lipinski definition) is 0. The number of rotatable bonds is 4. The van der Waals surface area contributed by atoms with Crippen molar-refractivity contribution in [3.8, 4) is 0 Å². The zero-order valence-electron chi connectivity index (χ0n) is 15.4. The number of aliphatic imine (C=N–C) groups is 1. The Labute approximate surface area is 168 Å². The van der Waals surface area contributed by atoms with E-state index in [1.165, 1.54) is 22.2 Å². The Morgan fingerprint density at radius 2 is 1.74 bits per heavy atom. The van der Waals surface area contributed by atoms with Gasteiger partial charge >= 0.3 is 0 Å². The lowest BCUT2D eigenvalue weighted by molar-refractivity contribution is -0.122. The van der Waals surface area contributed by atoms with E-state index in [1.54, 1.807) is 16.7 Å². The molecule has 27 heavy (non-hydrogen) atoms. The summed E-state index contributed by atoms with van der Waals surface area (Å²) in [6, 6.07) is 18.6. The number of para-hydroxylation sites is 1. The minimum atomic E-state index is 0.0584. The van der Waals surface area contributed by atoms with E-state index in [9.17, 15) is 4.79 Å². The predicted molar refractivity (Wildman–Crippen MR) is 115 cm³/mol. The van der Waals surface area contributed by atoms with E-state index in [0.717, 1.165) is 27.2 Å². The lowest BCUT2D eigenvalue weighted by atomic mass is 10.2. The smallest absolute Gasteiger partial charge is 0.269 e. The predicted octanol–water partition coefficient (Wildman–Crippen LogP) is 4.59. The molecule has 0 aromatic heterocycles. The average molecular weight is 396 g/mol. The van der Waals surface area contributed by atoms with Crippen molar-refractivity contribution >= 4 is 40.3 Å². The lowest BCUT2D eigenvalue weighted by Gasteiger charge is -2.15. The van der Waals surface area contributed by atoms with Gasteiger partial charge in [-0.3, -0.25) is 14.7 Å². The van der Waals surface area contributed by atoms with E-state index in [1.807, 2.05) is 44.3 Å². The van der Waals surface area contributed by atoms with Crippen molar-refractivity contribution in [1.29, 1.82) is 0 Å². The van der Waals surface area contributed by atoms with Crippen LogP contribution in [0.2, 0.25) is 0 Å². The lowest BCUT2D eigenvalue weighted by Crippen LogP contribution is -2.29. The molecule has 2 aliphatic rings. The number of nitrogens with zero attached hydrogens (tertiary/aromatic N) is 3. The standard InChI is InChI=1S/C21H21N3OS2/c1-3-24-19(25)18(20-23(2)16-11-7-8-12-17(16)26-20)27-21(24)22-14-13-15-9-5-4-6-10-15/h4-12H,3,13-14H2,1-2H3/b20-18-,22-21?. The SMILES string of the molecule is CCN1C(=O)/C(=C2/Sc3ccccc3N2C)SC1=NCCc1ccccc1. The van der Waals surface area contributed by atoms with Crippen LogP contribution >= 0.6 is 23.5 Å². The monoisotopic (exact) mass is 395 g/mol. The summed E-state index contributed by atoms with van der Waals surface area (Å²) in [5.41, 5.74) is 2.41. The maximum Gasteiger partial charge on any atom is 0.269 e. The Kier molecular flexibility index (Phi) is 5.27. The first-order valence-corrected chi connectivity index (χ1v) is 10.7. The number of anilines is 1. The number of benzene rings is 2. The van der Waals surface area contributed by atoms with Crippen molar-refractivity contribution in [3.63, 3.8) is 0 Å². The third-order valence-electron chi connectivity index (χ3n) is 4.60. The van der Waals surface area contributed by atoms with Crippen molar-refractivity contribution < 1.29 is 4.79 Å². The number of amidine groups is 1. The van der Waals surface area contributed by atoms with Crippen molar-refractivity contribution in [3.05, 3.63) is 70.1 Å². The van der Waals surface area contributed by atoms with Crippen LogP contribution in [-0.4, -0.2) is 36.1 Å². The minimum absolute atomic E-state index is 0.0584. The van der Waals surface area contributed by atoms with Gasteiger partial charge in [-0.1, -0.05) is 54.2 Å². The highest BCUT2D eigenvalue weighted by atomic mass is 32.2. The maximum atomic E-state index is 13.0. The second kappa shape index (κ2) is 7.82. The van der Waals surface area contributed by atoms with E-state index in [2.05, 4.69) is 29.2 Å². The van der Waals surface area contributed by atoms with E-state index >= 15 is 0 Å². The van der Waals surface area contributed by atoms with E-state index < -0.39 is 0 Å². The normalized spacial score (nSPS) is 20.7. The van der Waals surface area contributed by atoms with Gasteiger partial charge in [-0.15, -0.1) is 0 Å². The molecule has 0 unspecified atom stereocenters. The van der Waals surface area contributed by atoms with E-state index in [-0.39, 0.29) is 5.91 Å². The molecule has 2 aliphatic heterocycles. The number of thioether (sulfide) groups is 2. The fourth-order valence-corrected chi connectivity index (χ4v) is 5.57. The van der Waals surface area contributed by atoms with Gasteiger partial charge in [0.05, 0.1) is 10.7 Å². The van der Waals surface area contributed by atoms with Crippen molar-refractivity contribution in [2.24, 2.45) is 4.99 Å². The van der Waals surface area contributed by atoms with Gasteiger partial charge in [0, 0.05) is 25.0 Å². The number of likely N-dealkylation sites (N-methyl/N-ethyl adjacent to an activating group) is 1. The summed E-state index contributed by atoms with van der Waals surface area (Å²) >= 11 is 3.16. The van der Waals surface area contributed by atoms with Gasteiger partial charge in [-0.25, -0.2) is 0 Å². The summed E-state index contributed by atoms with van der Waals surface area (Å²) in [5, 5.41) is 1.81. The maximum absolute atomic E-state index is 13.0. The molecule has 2 aromatic carbocycles. The summed E-state index contributed by atoms with van der Waals surface area (Å²) in [6.45, 7) is 3.31. The van der Waals surface area contributed by atoms with Crippen LogP contribution in [0.4, 0.5) is 5.69 Å². The molecule has 2 aromatic rings. The molecule has 0 atom stereocenters. The summed E-state index contributed by atoms with van der Waals surface area (Å²) in [7, 11) is 2.02. The van der Waals surface area contributed by atoms with Crippen LogP contribution in [-0.2, 0) is 11.2 Å². The summed E-state index contributed by atoms with van der Waals surface area (Å²) < 4.78 is 0. The molecule has 4 nitrogen and oxygen atoms in total. The second-order valence-corrected chi connectivity index (χ2v) is 8.32. The third-order valence-corrected chi connectivity index (χ3v) is 7.07. The Bertz CT molecular complexity index is 924. The summed E-state index contributed by atoms with van der Waals surface area (Å²) in [6.07, 6.45) is 0.878. The molecule has 6 heteroatoms. The molecule has 4 rings (SSSR count). The Morgan fingerprint density at radius 3 is 2.48 bits per heavy atom. The van der Waals surface area contributed by atoms with Crippen molar-refractivity contribution in [2.75, 3.05) is 25.0 Å². The van der Waals surface area contributed by atoms with Crippen LogP contribution in [0.3, 0.4) is 0 Å². The zero-order valence-corrected chi connectivity index (χ0v) is 17.0. The highest BCUT2D eigenvalue weighted by molar-refractivity contribution is 8.19. The highest BCUT2D eigenvalue weighted by Gasteiger charge is 2.38. The molecule has 1 amide bonds. The zero-order chi connectivity index (χ0) is 18.8. The molecular formula is C21H21N3OS2. The molecule has 0 aliphatic carbocycles. The van der Waals surface area contributed by atoms with Gasteiger partial charge < -0.3 is 4.90 Å². The molecule has 1 saturated heterocycles. The van der Waals surface area contributed by atoms with Gasteiger partial charge in [-0.05, 0) is 42.8 Å². The van der Waals surface area contributed by atoms with E-state index in [0.29, 0.717) is 13.1 Å². The second-order valence-electron chi connectivity index (χ2n) is 6.31. The molecule has 0 N–H and O–H groups in total. The van der Waals surface area contributed by atoms with Crippen LogP contribution in [0.15, 0.2) is 74.4 Å². The van der Waals surface area contributed by atoms with E-state index in [4.69, 9.17) is 4.99 Å². The number of carbonyl (C=O) groups excluding carboxylic acids is 1. The Balaban J connectivity index is 1.56. The molecule has 0 spiro atoms. The Morgan fingerprint density at radius 1 is 1.00 bits per heavy atom. The van der Waals surface area contributed by atoms with Gasteiger partial charge in [0.1, 0.15) is 4.91 Å². The summed E-state index contributed by atoms with van der Waals surface area (Å²) in [5.74, 6) is 0.0584. The first-order valence-electron chi connectivity index (χ1n) is 9.02. The van der Waals surface area contributed by atoms with Gasteiger partial charge in [0.25, 0.3) is 5.91 Å². The minimum Gasteiger partial charge on any atom is -0.337 e. The Hall–Kier alpha value is -2.18. The number of fused-ring (bicyclic) bond motifs is 1. The molecule has 138 valence electrons. The number of hydrogen-bond acceptors (Lipinski definition) is 5.